The van der Waals surface area contributed by atoms with Crippen LogP contribution >= 0.6 is 23.2 Å². The summed E-state index contributed by atoms with van der Waals surface area (Å²) in [7, 11) is 4.95. The molecule has 0 aliphatic carbocycles. The maximum absolute atomic E-state index is 12.8. The number of likely N-dealkylation sites (N-methyl/N-ethyl adjacent to an activating group) is 1. The molecule has 2 aromatic heterocycles. The van der Waals surface area contributed by atoms with Gasteiger partial charge in [0.25, 0.3) is 6.01 Å². The summed E-state index contributed by atoms with van der Waals surface area (Å²) in [6.07, 6.45) is 4.41. The van der Waals surface area contributed by atoms with Gasteiger partial charge in [-0.1, -0.05) is 29.3 Å². The summed E-state index contributed by atoms with van der Waals surface area (Å²) in [5.41, 5.74) is 8.63. The molecule has 2 amide bonds. The molecule has 0 aliphatic rings. The molecule has 10 nitrogen and oxygen atoms in total. The van der Waals surface area contributed by atoms with Gasteiger partial charge in [-0.25, -0.2) is 4.98 Å². The third-order valence-corrected chi connectivity index (χ3v) is 6.72. The van der Waals surface area contributed by atoms with Gasteiger partial charge in [-0.05, 0) is 48.0 Å². The fourth-order valence-corrected chi connectivity index (χ4v) is 4.36. The number of ether oxygens (including phenoxy) is 2. The molecule has 4 rings (SSSR count). The van der Waals surface area contributed by atoms with Gasteiger partial charge in [0, 0.05) is 37.0 Å². The zero-order chi connectivity index (χ0) is 28.1. The number of carbonyl (C=O) groups is 2. The average Bonchev–Trinajstić information content (AvgIpc) is 3.27. The monoisotopic (exact) mass is 568 g/mol. The number of nitrogen functional groups attached to an aromatic ring is 1. The molecule has 0 spiro atoms. The molecule has 0 atom stereocenters. The van der Waals surface area contributed by atoms with Crippen molar-refractivity contribution in [2.24, 2.45) is 7.05 Å². The first-order valence-corrected chi connectivity index (χ1v) is 12.5. The smallest absolute Gasteiger partial charge is 0.296 e. The van der Waals surface area contributed by atoms with Gasteiger partial charge in [-0.2, -0.15) is 4.98 Å². The third kappa shape index (κ3) is 6.24. The number of nitrogens with zero attached hydrogens (tertiary/aromatic N) is 4. The van der Waals surface area contributed by atoms with Crippen LogP contribution in [0.1, 0.15) is 11.1 Å². The molecular weight excluding hydrogens is 543 g/mol. The van der Waals surface area contributed by atoms with E-state index in [9.17, 15) is 9.59 Å². The number of amides is 2. The summed E-state index contributed by atoms with van der Waals surface area (Å²) in [5, 5.41) is 3.20. The van der Waals surface area contributed by atoms with Gasteiger partial charge in [0.15, 0.2) is 0 Å². The molecule has 0 saturated carbocycles. The van der Waals surface area contributed by atoms with Crippen molar-refractivity contribution in [3.8, 4) is 11.8 Å². The zero-order valence-corrected chi connectivity index (χ0v) is 23.0. The van der Waals surface area contributed by atoms with Crippen molar-refractivity contribution < 1.29 is 19.1 Å². The number of carbonyl (C=O) groups excluding carboxylic acids is 2. The fraction of sp³-hybridized carbons (Fsp3) is 0.185. The third-order valence-electron chi connectivity index (χ3n) is 5.94. The Balaban J connectivity index is 1.43. The first-order valence-electron chi connectivity index (χ1n) is 11.7. The Bertz CT molecular complexity index is 1550. The molecule has 3 N–H and O–H groups in total. The molecular formula is C27H26Cl2N6O4. The second kappa shape index (κ2) is 12.1. The lowest BCUT2D eigenvalue weighted by atomic mass is 10.2. The first-order chi connectivity index (χ1) is 18.7. The number of rotatable bonds is 9. The molecule has 0 unspecified atom stereocenters. The Kier molecular flexibility index (Phi) is 8.58. The van der Waals surface area contributed by atoms with E-state index >= 15 is 0 Å². The van der Waals surface area contributed by atoms with Crippen molar-refractivity contribution in [3.05, 3.63) is 75.9 Å². The highest BCUT2D eigenvalue weighted by atomic mass is 35.5. The van der Waals surface area contributed by atoms with E-state index in [2.05, 4.69) is 15.3 Å². The molecule has 2 aromatic carbocycles. The Morgan fingerprint density at radius 3 is 2.69 bits per heavy atom. The van der Waals surface area contributed by atoms with Crippen molar-refractivity contribution in [3.63, 3.8) is 0 Å². The number of aryl methyl sites for hydroxylation is 1. The van der Waals surface area contributed by atoms with E-state index < -0.39 is 5.91 Å². The molecule has 2 heterocycles. The number of anilines is 2. The number of hydrogen-bond donors (Lipinski definition) is 2. The minimum Gasteiger partial charge on any atom is -0.486 e. The predicted molar refractivity (Wildman–Crippen MR) is 152 cm³/mol. The van der Waals surface area contributed by atoms with Crippen molar-refractivity contribution in [1.29, 1.82) is 0 Å². The van der Waals surface area contributed by atoms with Crippen LogP contribution in [0.3, 0.4) is 0 Å². The maximum Gasteiger partial charge on any atom is 0.296 e. The number of imidazole rings is 1. The van der Waals surface area contributed by atoms with Crippen LogP contribution in [0.4, 0.5) is 11.5 Å². The molecule has 202 valence electrons. The summed E-state index contributed by atoms with van der Waals surface area (Å²) >= 11 is 13.1. The van der Waals surface area contributed by atoms with E-state index in [-0.39, 0.29) is 24.1 Å². The Morgan fingerprint density at radius 2 is 1.97 bits per heavy atom. The molecule has 0 bridgehead atoms. The summed E-state index contributed by atoms with van der Waals surface area (Å²) in [6.45, 7) is -0.207. The molecule has 0 radical (unpaired) electrons. The van der Waals surface area contributed by atoms with E-state index in [0.29, 0.717) is 44.9 Å². The molecule has 0 fully saturated rings. The van der Waals surface area contributed by atoms with Gasteiger partial charge in [0.05, 0.1) is 29.9 Å². The minimum atomic E-state index is -0.440. The number of halogens is 2. The Hall–Kier alpha value is -4.28. The molecule has 39 heavy (non-hydrogen) atoms. The second-order valence-corrected chi connectivity index (χ2v) is 9.23. The van der Waals surface area contributed by atoms with Gasteiger partial charge in [0.2, 0.25) is 11.8 Å². The van der Waals surface area contributed by atoms with Crippen LogP contribution in [0.2, 0.25) is 10.0 Å². The van der Waals surface area contributed by atoms with E-state index in [1.807, 2.05) is 23.7 Å². The van der Waals surface area contributed by atoms with Crippen molar-refractivity contribution in [2.45, 2.75) is 6.61 Å². The summed E-state index contributed by atoms with van der Waals surface area (Å²) in [5.74, 6) is 0.0865. The van der Waals surface area contributed by atoms with Crippen molar-refractivity contribution in [1.82, 2.24) is 19.9 Å². The summed E-state index contributed by atoms with van der Waals surface area (Å²) < 4.78 is 13.2. The van der Waals surface area contributed by atoms with Gasteiger partial charge in [0.1, 0.15) is 23.7 Å². The number of nitrogens with one attached hydrogen (secondary N) is 1. The number of methoxy groups -OCH3 is 1. The number of para-hydroxylation sites is 1. The molecule has 0 saturated heterocycles. The first kappa shape index (κ1) is 27.7. The quantitative estimate of drug-likeness (QED) is 0.289. The van der Waals surface area contributed by atoms with Crippen LogP contribution in [0.5, 0.6) is 11.8 Å². The predicted octanol–water partition coefficient (Wildman–Crippen LogP) is 4.24. The lowest BCUT2D eigenvalue weighted by Crippen LogP contribution is -2.37. The number of pyridine rings is 1. The van der Waals surface area contributed by atoms with Crippen LogP contribution in [0, 0.1) is 0 Å². The zero-order valence-electron chi connectivity index (χ0n) is 21.4. The fourth-order valence-electron chi connectivity index (χ4n) is 3.75. The van der Waals surface area contributed by atoms with Crippen LogP contribution in [-0.2, 0) is 23.2 Å². The summed E-state index contributed by atoms with van der Waals surface area (Å²) in [4.78, 5) is 34.8. The largest absolute Gasteiger partial charge is 0.486 e. The van der Waals surface area contributed by atoms with E-state index in [1.54, 1.807) is 50.6 Å². The second-order valence-electron chi connectivity index (χ2n) is 8.45. The van der Waals surface area contributed by atoms with Gasteiger partial charge in [-0.3, -0.25) is 14.2 Å². The number of aromatic nitrogens is 3. The topological polar surface area (TPSA) is 125 Å². The number of nitrogens with two attached hydrogens (primary N) is 1. The lowest BCUT2D eigenvalue weighted by Gasteiger charge is -2.21. The van der Waals surface area contributed by atoms with Crippen molar-refractivity contribution >= 4 is 63.6 Å². The lowest BCUT2D eigenvalue weighted by molar-refractivity contribution is -0.122. The van der Waals surface area contributed by atoms with Crippen LogP contribution in [0.15, 0.2) is 54.7 Å². The standard InChI is InChI=1S/C27H26Cl2N6O4/c1-34(24(37)14-32-23(36)12-8-16-7-11-22(30)31-13-16)19-10-9-18(28)17(25(19)29)15-39-21-6-4-5-20-26(21)33-27(38-3)35(20)2/h4-13H,14-15H2,1-3H3,(H2,30,31)(H,32,36). The number of benzene rings is 2. The number of fused-ring (bicyclic) bond motifs is 1. The molecule has 4 aromatic rings. The molecule has 0 aliphatic heterocycles. The van der Waals surface area contributed by atoms with E-state index in [0.717, 1.165) is 5.52 Å². The number of hydrogen-bond acceptors (Lipinski definition) is 7. The van der Waals surface area contributed by atoms with E-state index in [4.69, 9.17) is 38.4 Å². The molecule has 12 heteroatoms. The summed E-state index contributed by atoms with van der Waals surface area (Å²) in [6, 6.07) is 12.6. The van der Waals surface area contributed by atoms with Gasteiger partial charge >= 0.3 is 0 Å². The van der Waals surface area contributed by atoms with Crippen molar-refractivity contribution in [2.75, 3.05) is 31.3 Å². The minimum absolute atomic E-state index is 0.0348. The normalized spacial score (nSPS) is 11.1. The van der Waals surface area contributed by atoms with Crippen LogP contribution in [0.25, 0.3) is 17.1 Å². The van der Waals surface area contributed by atoms with Gasteiger partial charge in [-0.15, -0.1) is 0 Å². The SMILES string of the molecule is COc1nc2c(OCc3c(Cl)ccc(N(C)C(=O)CNC(=O)C=Cc4ccc(N)nc4)c3Cl)cccc2n1C. The maximum atomic E-state index is 12.8. The average molecular weight is 569 g/mol. The highest BCUT2D eigenvalue weighted by Crippen LogP contribution is 2.35. The highest BCUT2D eigenvalue weighted by Gasteiger charge is 2.20. The van der Waals surface area contributed by atoms with E-state index in [1.165, 1.54) is 17.2 Å². The Morgan fingerprint density at radius 1 is 1.18 bits per heavy atom. The van der Waals surface area contributed by atoms with Crippen LogP contribution in [-0.4, -0.2) is 47.1 Å². The highest BCUT2D eigenvalue weighted by molar-refractivity contribution is 6.38. The Labute approximate surface area is 234 Å². The van der Waals surface area contributed by atoms with Crippen LogP contribution < -0.4 is 25.4 Å². The van der Waals surface area contributed by atoms with Gasteiger partial charge < -0.3 is 25.4 Å².